The van der Waals surface area contributed by atoms with Gasteiger partial charge in [-0.05, 0) is 53.1 Å². The number of rotatable bonds is 3. The zero-order valence-corrected chi connectivity index (χ0v) is 16.0. The molecule has 0 bridgehead atoms. The molecule has 4 nitrogen and oxygen atoms in total. The van der Waals surface area contributed by atoms with Gasteiger partial charge >= 0.3 is 0 Å². The molecule has 1 N–H and O–H groups in total. The highest BCUT2D eigenvalue weighted by atomic mass is 19.1. The third-order valence-corrected chi connectivity index (χ3v) is 5.35. The van der Waals surface area contributed by atoms with E-state index in [0.717, 1.165) is 22.5 Å². The van der Waals surface area contributed by atoms with Crippen molar-refractivity contribution in [1.29, 1.82) is 0 Å². The van der Waals surface area contributed by atoms with Crippen LogP contribution in [0, 0.1) is 11.6 Å². The zero-order valence-electron chi connectivity index (χ0n) is 16.0. The molecule has 1 aliphatic heterocycles. The largest absolute Gasteiger partial charge is 0.359 e. The summed E-state index contributed by atoms with van der Waals surface area (Å²) in [6.07, 6.45) is 2.00. The van der Waals surface area contributed by atoms with Crippen molar-refractivity contribution < 1.29 is 8.78 Å². The number of nitrogens with one attached hydrogen (secondary N) is 1. The van der Waals surface area contributed by atoms with Crippen LogP contribution in [0.5, 0.6) is 0 Å². The number of anilines is 1. The highest BCUT2D eigenvalue weighted by Gasteiger charge is 2.17. The first-order valence-electron chi connectivity index (χ1n) is 9.50. The fourth-order valence-corrected chi connectivity index (χ4v) is 3.82. The topological polar surface area (TPSA) is 46.9 Å². The molecular weight excluding hydrogens is 384 g/mol. The van der Waals surface area contributed by atoms with E-state index in [0.29, 0.717) is 22.9 Å². The number of halogens is 2. The van der Waals surface area contributed by atoms with Crippen molar-refractivity contribution in [3.8, 4) is 11.1 Å². The molecule has 1 aromatic heterocycles. The summed E-state index contributed by atoms with van der Waals surface area (Å²) in [5.41, 5.74) is 4.09. The second kappa shape index (κ2) is 6.91. The van der Waals surface area contributed by atoms with Crippen LogP contribution in [0.2, 0.25) is 0 Å². The standard InChI is InChI=1S/C24H17F2N3O/c1-14-8-17-9-15(6-7-22(17)28-14)16-10-20(25)19(21(26)11-16)12-29-13-27-23-5-3-2-4-18(23)24(29)30/h2-7,9-11,13,28H,1,8,12H2. The molecule has 0 atom stereocenters. The van der Waals surface area contributed by atoms with E-state index in [1.807, 2.05) is 18.2 Å². The number of hydrogen-bond acceptors (Lipinski definition) is 3. The second-order valence-corrected chi connectivity index (χ2v) is 7.39. The monoisotopic (exact) mass is 401 g/mol. The Morgan fingerprint density at radius 2 is 1.80 bits per heavy atom. The molecule has 0 unspecified atom stereocenters. The first-order valence-corrected chi connectivity index (χ1v) is 9.50. The van der Waals surface area contributed by atoms with Crippen molar-refractivity contribution in [2.75, 3.05) is 5.32 Å². The van der Waals surface area contributed by atoms with Gasteiger partial charge in [0.05, 0.1) is 23.8 Å². The Morgan fingerprint density at radius 1 is 1.03 bits per heavy atom. The Morgan fingerprint density at radius 3 is 2.60 bits per heavy atom. The van der Waals surface area contributed by atoms with Gasteiger partial charge in [-0.3, -0.25) is 9.36 Å². The zero-order chi connectivity index (χ0) is 20.8. The lowest BCUT2D eigenvalue weighted by Gasteiger charge is -2.11. The van der Waals surface area contributed by atoms with E-state index >= 15 is 0 Å². The van der Waals surface area contributed by atoms with Gasteiger partial charge in [-0.1, -0.05) is 24.8 Å². The maximum absolute atomic E-state index is 14.9. The molecule has 3 aromatic carbocycles. The first-order chi connectivity index (χ1) is 14.5. The van der Waals surface area contributed by atoms with E-state index < -0.39 is 11.6 Å². The molecule has 4 aromatic rings. The lowest BCUT2D eigenvalue weighted by Crippen LogP contribution is -2.22. The molecule has 5 rings (SSSR count). The third-order valence-electron chi connectivity index (χ3n) is 5.35. The minimum Gasteiger partial charge on any atom is -0.359 e. The molecule has 6 heteroatoms. The summed E-state index contributed by atoms with van der Waals surface area (Å²) in [6.45, 7) is 3.68. The Balaban J connectivity index is 1.51. The molecule has 0 amide bonds. The van der Waals surface area contributed by atoms with Crippen LogP contribution >= 0.6 is 0 Å². The average molecular weight is 401 g/mol. The molecule has 0 radical (unpaired) electrons. The van der Waals surface area contributed by atoms with Gasteiger partial charge in [0.1, 0.15) is 11.6 Å². The molecule has 30 heavy (non-hydrogen) atoms. The van der Waals surface area contributed by atoms with E-state index in [2.05, 4.69) is 16.9 Å². The van der Waals surface area contributed by atoms with Crippen LogP contribution in [0.15, 0.2) is 78.0 Å². The van der Waals surface area contributed by atoms with Crippen LogP contribution in [-0.2, 0) is 13.0 Å². The summed E-state index contributed by atoms with van der Waals surface area (Å²) in [5, 5.41) is 3.58. The highest BCUT2D eigenvalue weighted by Crippen LogP contribution is 2.32. The average Bonchev–Trinajstić information content (AvgIpc) is 3.11. The molecule has 0 saturated carbocycles. The van der Waals surface area contributed by atoms with Crippen molar-refractivity contribution in [1.82, 2.24) is 9.55 Å². The molecule has 1 aliphatic rings. The number of benzene rings is 3. The normalized spacial score (nSPS) is 12.8. The Kier molecular flexibility index (Phi) is 4.20. The van der Waals surface area contributed by atoms with Crippen LogP contribution in [0.1, 0.15) is 11.1 Å². The third kappa shape index (κ3) is 3.06. The number of allylic oxidation sites excluding steroid dienone is 1. The minimum atomic E-state index is -0.701. The quantitative estimate of drug-likeness (QED) is 0.533. The molecule has 2 heterocycles. The summed E-state index contributed by atoms with van der Waals surface area (Å²) >= 11 is 0. The van der Waals surface area contributed by atoms with Gasteiger partial charge < -0.3 is 5.32 Å². The fourth-order valence-electron chi connectivity index (χ4n) is 3.82. The molecule has 0 spiro atoms. The van der Waals surface area contributed by atoms with Crippen LogP contribution in [0.4, 0.5) is 14.5 Å². The molecule has 0 saturated heterocycles. The van der Waals surface area contributed by atoms with Gasteiger partial charge in [-0.15, -0.1) is 0 Å². The van der Waals surface area contributed by atoms with Gasteiger partial charge in [-0.2, -0.15) is 0 Å². The van der Waals surface area contributed by atoms with Gasteiger partial charge in [0, 0.05) is 23.4 Å². The smallest absolute Gasteiger partial charge is 0.261 e. The second-order valence-electron chi connectivity index (χ2n) is 7.39. The van der Waals surface area contributed by atoms with E-state index in [1.54, 1.807) is 24.3 Å². The maximum Gasteiger partial charge on any atom is 0.261 e. The van der Waals surface area contributed by atoms with E-state index in [4.69, 9.17) is 0 Å². The van der Waals surface area contributed by atoms with Gasteiger partial charge in [-0.25, -0.2) is 13.8 Å². The van der Waals surface area contributed by atoms with E-state index in [1.165, 1.54) is 23.0 Å². The first kappa shape index (κ1) is 18.2. The van der Waals surface area contributed by atoms with Crippen LogP contribution in [-0.4, -0.2) is 9.55 Å². The van der Waals surface area contributed by atoms with Crippen LogP contribution in [0.25, 0.3) is 22.0 Å². The predicted octanol–water partition coefficient (Wildman–Crippen LogP) is 4.87. The molecule has 0 fully saturated rings. The molecule has 148 valence electrons. The van der Waals surface area contributed by atoms with Crippen LogP contribution in [0.3, 0.4) is 0 Å². The van der Waals surface area contributed by atoms with Crippen molar-refractivity contribution in [2.24, 2.45) is 0 Å². The molecule has 0 aliphatic carbocycles. The van der Waals surface area contributed by atoms with Gasteiger partial charge in [0.15, 0.2) is 0 Å². The van der Waals surface area contributed by atoms with Crippen molar-refractivity contribution in [3.05, 3.63) is 106 Å². The summed E-state index contributed by atoms with van der Waals surface area (Å²) in [4.78, 5) is 16.9. The van der Waals surface area contributed by atoms with Crippen molar-refractivity contribution in [3.63, 3.8) is 0 Å². The number of para-hydroxylation sites is 1. The SMILES string of the molecule is C=C1Cc2cc(-c3cc(F)c(Cn4cnc5ccccc5c4=O)c(F)c3)ccc2N1. The summed E-state index contributed by atoms with van der Waals surface area (Å²) in [7, 11) is 0. The molecular formula is C24H17F2N3O. The minimum absolute atomic E-state index is 0.172. The van der Waals surface area contributed by atoms with Gasteiger partial charge in [0.25, 0.3) is 5.56 Å². The van der Waals surface area contributed by atoms with E-state index in [9.17, 15) is 13.6 Å². The number of aromatic nitrogens is 2. The Hall–Kier alpha value is -3.80. The maximum atomic E-state index is 14.9. The summed E-state index contributed by atoms with van der Waals surface area (Å²) < 4.78 is 30.9. The van der Waals surface area contributed by atoms with Crippen LogP contribution < -0.4 is 10.9 Å². The fraction of sp³-hybridized carbons (Fsp3) is 0.0833. The number of nitrogens with zero attached hydrogens (tertiary/aromatic N) is 2. The van der Waals surface area contributed by atoms with E-state index in [-0.39, 0.29) is 17.7 Å². The summed E-state index contributed by atoms with van der Waals surface area (Å²) in [5.74, 6) is -1.40. The van der Waals surface area contributed by atoms with Crippen molar-refractivity contribution >= 4 is 16.6 Å². The van der Waals surface area contributed by atoms with Crippen molar-refractivity contribution in [2.45, 2.75) is 13.0 Å². The number of fused-ring (bicyclic) bond motifs is 2. The lowest BCUT2D eigenvalue weighted by molar-refractivity contribution is 0.541. The lowest BCUT2D eigenvalue weighted by atomic mass is 9.99. The number of hydrogen-bond donors (Lipinski definition) is 1. The Labute approximate surface area is 171 Å². The highest BCUT2D eigenvalue weighted by molar-refractivity contribution is 5.77. The Bertz CT molecular complexity index is 1370. The van der Waals surface area contributed by atoms with Gasteiger partial charge in [0.2, 0.25) is 0 Å². The summed E-state index contributed by atoms with van der Waals surface area (Å²) in [6, 6.07) is 15.1. The predicted molar refractivity (Wildman–Crippen MR) is 113 cm³/mol.